The van der Waals surface area contributed by atoms with Crippen molar-refractivity contribution in [2.45, 2.75) is 29.7 Å². The minimum absolute atomic E-state index is 0.0693. The van der Waals surface area contributed by atoms with Crippen molar-refractivity contribution in [2.75, 3.05) is 13.2 Å². The van der Waals surface area contributed by atoms with Crippen LogP contribution in [-0.2, 0) is 21.3 Å². The topological polar surface area (TPSA) is 59.8 Å². The van der Waals surface area contributed by atoms with Gasteiger partial charge in [0.2, 0.25) is 0 Å². The molecule has 0 aliphatic carbocycles. The Bertz CT molecular complexity index is 705. The first-order valence-electron chi connectivity index (χ1n) is 6.95. The van der Waals surface area contributed by atoms with Gasteiger partial charge in [0.25, 0.3) is 10.0 Å². The highest BCUT2D eigenvalue weighted by atomic mass is 35.5. The summed E-state index contributed by atoms with van der Waals surface area (Å²) in [6.45, 7) is 1.19. The van der Waals surface area contributed by atoms with Gasteiger partial charge in [0.1, 0.15) is 9.97 Å². The normalized spacial score (nSPS) is 19.1. The van der Waals surface area contributed by atoms with Gasteiger partial charge in [-0.25, -0.2) is 8.42 Å². The predicted octanol–water partition coefficient (Wildman–Crippen LogP) is 3.36. The van der Waals surface area contributed by atoms with Crippen molar-refractivity contribution < 1.29 is 17.6 Å². The van der Waals surface area contributed by atoms with E-state index in [9.17, 15) is 8.42 Å². The molecular weight excluding hydrogens is 346 g/mol. The van der Waals surface area contributed by atoms with Gasteiger partial charge in [-0.1, -0.05) is 11.6 Å². The van der Waals surface area contributed by atoms with Crippen molar-refractivity contribution in [3.05, 3.63) is 40.6 Å². The lowest BCUT2D eigenvalue weighted by atomic mass is 10.2. The summed E-state index contributed by atoms with van der Waals surface area (Å²) in [6, 6.07) is 6.64. The van der Waals surface area contributed by atoms with Crippen LogP contribution >= 0.6 is 22.9 Å². The maximum atomic E-state index is 12.8. The van der Waals surface area contributed by atoms with Crippen molar-refractivity contribution in [2.24, 2.45) is 0 Å². The fourth-order valence-corrected chi connectivity index (χ4v) is 5.48. The van der Waals surface area contributed by atoms with Gasteiger partial charge in [-0.05, 0) is 37.1 Å². The van der Waals surface area contributed by atoms with Crippen LogP contribution in [0.15, 0.2) is 39.2 Å². The number of sulfonamides is 1. The molecule has 0 aromatic carbocycles. The standard InChI is InChI=1S/C14H16ClNO4S2/c15-13-5-6-14(21-13)22(17,18)16(9-11-3-1-7-19-11)10-12-4-2-8-20-12/h1,3,5-7,12H,2,4,8-10H2. The van der Waals surface area contributed by atoms with E-state index >= 15 is 0 Å². The molecule has 1 aliphatic rings. The van der Waals surface area contributed by atoms with Crippen LogP contribution < -0.4 is 0 Å². The summed E-state index contributed by atoms with van der Waals surface area (Å²) in [5.74, 6) is 0.601. The van der Waals surface area contributed by atoms with Crippen LogP contribution in [0.25, 0.3) is 0 Å². The van der Waals surface area contributed by atoms with E-state index in [4.69, 9.17) is 20.8 Å². The van der Waals surface area contributed by atoms with Crippen molar-refractivity contribution in [3.63, 3.8) is 0 Å². The number of hydrogen-bond acceptors (Lipinski definition) is 5. The summed E-state index contributed by atoms with van der Waals surface area (Å²) >= 11 is 6.93. The molecule has 22 heavy (non-hydrogen) atoms. The Labute approximate surface area is 138 Å². The molecule has 0 radical (unpaired) electrons. The zero-order valence-electron chi connectivity index (χ0n) is 11.8. The molecule has 1 atom stereocenters. The lowest BCUT2D eigenvalue weighted by Gasteiger charge is -2.23. The molecule has 5 nitrogen and oxygen atoms in total. The highest BCUT2D eigenvalue weighted by Crippen LogP contribution is 2.30. The van der Waals surface area contributed by atoms with E-state index in [1.807, 2.05) is 0 Å². The lowest BCUT2D eigenvalue weighted by Crippen LogP contribution is -2.36. The number of thiophene rings is 1. The zero-order chi connectivity index (χ0) is 15.6. The van der Waals surface area contributed by atoms with Crippen LogP contribution in [0.1, 0.15) is 18.6 Å². The Morgan fingerprint density at radius 2 is 2.23 bits per heavy atom. The molecule has 1 fully saturated rings. The third kappa shape index (κ3) is 3.55. The second kappa shape index (κ2) is 6.72. The molecule has 1 unspecified atom stereocenters. The molecule has 0 spiro atoms. The van der Waals surface area contributed by atoms with E-state index in [0.29, 0.717) is 23.2 Å². The summed E-state index contributed by atoms with van der Waals surface area (Å²) in [4.78, 5) is 0. The molecule has 3 heterocycles. The average Bonchev–Trinajstić information content (AvgIpc) is 3.19. The van der Waals surface area contributed by atoms with Gasteiger partial charge in [-0.2, -0.15) is 4.31 Å². The molecular formula is C14H16ClNO4S2. The third-order valence-corrected chi connectivity index (χ3v) is 7.00. The molecule has 3 rings (SSSR count). The number of ether oxygens (including phenoxy) is 1. The summed E-state index contributed by atoms with van der Waals surface area (Å²) in [6.07, 6.45) is 3.30. The molecule has 2 aromatic heterocycles. The van der Waals surface area contributed by atoms with Crippen LogP contribution in [-0.4, -0.2) is 32.0 Å². The number of nitrogens with zero attached hydrogens (tertiary/aromatic N) is 1. The number of furan rings is 1. The Morgan fingerprint density at radius 3 is 2.82 bits per heavy atom. The van der Waals surface area contributed by atoms with E-state index in [1.54, 1.807) is 18.2 Å². The maximum Gasteiger partial charge on any atom is 0.253 e. The van der Waals surface area contributed by atoms with Crippen molar-refractivity contribution in [3.8, 4) is 0 Å². The molecule has 1 saturated heterocycles. The highest BCUT2D eigenvalue weighted by Gasteiger charge is 2.30. The maximum absolute atomic E-state index is 12.8. The first kappa shape index (κ1) is 16.0. The molecule has 0 saturated carbocycles. The minimum Gasteiger partial charge on any atom is -0.468 e. The van der Waals surface area contributed by atoms with Crippen molar-refractivity contribution in [1.29, 1.82) is 0 Å². The molecule has 0 N–H and O–H groups in total. The summed E-state index contributed by atoms with van der Waals surface area (Å²) in [5.41, 5.74) is 0. The molecule has 120 valence electrons. The summed E-state index contributed by atoms with van der Waals surface area (Å²) in [7, 11) is -3.62. The van der Waals surface area contributed by atoms with E-state index in [2.05, 4.69) is 0 Å². The quantitative estimate of drug-likeness (QED) is 0.791. The van der Waals surface area contributed by atoms with Gasteiger partial charge < -0.3 is 9.15 Å². The fourth-order valence-electron chi connectivity index (χ4n) is 2.40. The van der Waals surface area contributed by atoms with E-state index in [1.165, 1.54) is 16.6 Å². The largest absolute Gasteiger partial charge is 0.468 e. The average molecular weight is 362 g/mol. The predicted molar refractivity (Wildman–Crippen MR) is 84.6 cm³/mol. The lowest BCUT2D eigenvalue weighted by molar-refractivity contribution is 0.0914. The zero-order valence-corrected chi connectivity index (χ0v) is 14.2. The minimum atomic E-state index is -3.62. The number of halogens is 1. The first-order valence-corrected chi connectivity index (χ1v) is 9.58. The summed E-state index contributed by atoms with van der Waals surface area (Å²) < 4.78 is 38.7. The molecule has 0 amide bonds. The van der Waals surface area contributed by atoms with Gasteiger partial charge in [0, 0.05) is 13.2 Å². The second-order valence-electron chi connectivity index (χ2n) is 5.07. The number of rotatable bonds is 6. The van der Waals surface area contributed by atoms with Gasteiger partial charge >= 0.3 is 0 Å². The molecule has 2 aromatic rings. The van der Waals surface area contributed by atoms with Gasteiger partial charge in [0.05, 0.1) is 23.2 Å². The van der Waals surface area contributed by atoms with Crippen LogP contribution in [0.2, 0.25) is 4.34 Å². The molecule has 8 heteroatoms. The first-order chi connectivity index (χ1) is 10.6. The van der Waals surface area contributed by atoms with E-state index in [-0.39, 0.29) is 16.9 Å². The van der Waals surface area contributed by atoms with Crippen LogP contribution in [0.4, 0.5) is 0 Å². The van der Waals surface area contributed by atoms with E-state index in [0.717, 1.165) is 24.2 Å². The van der Waals surface area contributed by atoms with Crippen LogP contribution in [0.5, 0.6) is 0 Å². The van der Waals surface area contributed by atoms with Gasteiger partial charge in [-0.3, -0.25) is 0 Å². The number of hydrogen-bond donors (Lipinski definition) is 0. The Hall–Kier alpha value is -0.860. The molecule has 1 aliphatic heterocycles. The molecule has 0 bridgehead atoms. The monoisotopic (exact) mass is 361 g/mol. The highest BCUT2D eigenvalue weighted by molar-refractivity contribution is 7.91. The third-order valence-electron chi connectivity index (χ3n) is 3.49. The van der Waals surface area contributed by atoms with E-state index < -0.39 is 10.0 Å². The van der Waals surface area contributed by atoms with Crippen molar-refractivity contribution >= 4 is 33.0 Å². The van der Waals surface area contributed by atoms with Crippen LogP contribution in [0, 0.1) is 0 Å². The summed E-state index contributed by atoms with van der Waals surface area (Å²) in [5, 5.41) is 0. The Balaban J connectivity index is 1.85. The van der Waals surface area contributed by atoms with Crippen molar-refractivity contribution in [1.82, 2.24) is 4.31 Å². The Kier molecular flexibility index (Phi) is 4.89. The fraction of sp³-hybridized carbons (Fsp3) is 0.429. The van der Waals surface area contributed by atoms with Gasteiger partial charge in [0.15, 0.2) is 0 Å². The smallest absolute Gasteiger partial charge is 0.253 e. The Morgan fingerprint density at radius 1 is 1.36 bits per heavy atom. The van der Waals surface area contributed by atoms with Crippen LogP contribution in [0.3, 0.4) is 0 Å². The second-order valence-corrected chi connectivity index (χ2v) is 8.95. The van der Waals surface area contributed by atoms with Gasteiger partial charge in [-0.15, -0.1) is 11.3 Å². The SMILES string of the molecule is O=S(=O)(c1ccc(Cl)s1)N(Cc1ccco1)CC1CCCO1.